The normalized spacial score (nSPS) is 15.9. The van der Waals surface area contributed by atoms with Crippen LogP contribution < -0.4 is 26.0 Å². The zero-order chi connectivity index (χ0) is 17.0. The number of fused-ring (bicyclic) bond motifs is 2. The maximum Gasteiger partial charge on any atom is 0.0804 e. The highest BCUT2D eigenvalue weighted by atomic mass is 17.1. The number of anilines is 6. The molecule has 24 heavy (non-hydrogen) atoms. The second-order valence-electron chi connectivity index (χ2n) is 4.83. The zero-order valence-electron chi connectivity index (χ0n) is 11.6. The molecule has 2 aliphatic heterocycles. The van der Waals surface area contributed by atoms with E-state index in [1.54, 1.807) is 0 Å². The molecule has 0 N–H and O–H groups in total. The van der Waals surface area contributed by atoms with Gasteiger partial charge in [-0.05, 0) is 36.4 Å². The average Bonchev–Trinajstić information content (AvgIpc) is 3.02. The molecule has 2 heterocycles. The summed E-state index contributed by atoms with van der Waals surface area (Å²) in [4.78, 5) is 8.58. The molecule has 12 nitrogen and oxygen atoms in total. The van der Waals surface area contributed by atoms with Gasteiger partial charge in [0.05, 0.1) is 22.7 Å². The smallest absolute Gasteiger partial charge is 0.0804 e. The van der Waals surface area contributed by atoms with Crippen molar-refractivity contribution in [1.29, 1.82) is 0 Å². The van der Waals surface area contributed by atoms with Crippen LogP contribution in [0.25, 0.3) is 0 Å². The van der Waals surface area contributed by atoms with Crippen molar-refractivity contribution in [2.45, 2.75) is 0 Å². The summed E-state index contributed by atoms with van der Waals surface area (Å²) >= 11 is 0. The third-order valence-electron chi connectivity index (χ3n) is 3.47. The van der Waals surface area contributed by atoms with Crippen LogP contribution in [0.2, 0.25) is 0 Å². The Morgan fingerprint density at radius 2 is 1.00 bits per heavy atom. The van der Waals surface area contributed by atoms with E-state index >= 15 is 0 Å². The van der Waals surface area contributed by atoms with Gasteiger partial charge in [-0.15, -0.1) is 0 Å². The van der Waals surface area contributed by atoms with Gasteiger partial charge < -0.3 is 31.1 Å². The monoisotopic (exact) mass is 332 g/mol. The van der Waals surface area contributed by atoms with Gasteiger partial charge in [-0.25, -0.2) is 0 Å². The van der Waals surface area contributed by atoms with Gasteiger partial charge in [0, 0.05) is 11.4 Å². The van der Waals surface area contributed by atoms with Crippen LogP contribution in [0.1, 0.15) is 0 Å². The molecule has 0 aliphatic carbocycles. The first-order valence-electron chi connectivity index (χ1n) is 6.46. The van der Waals surface area contributed by atoms with Gasteiger partial charge >= 0.3 is 0 Å². The van der Waals surface area contributed by atoms with E-state index in [2.05, 4.69) is 9.88 Å². The lowest BCUT2D eigenvalue weighted by Gasteiger charge is -2.32. The van der Waals surface area contributed by atoms with Gasteiger partial charge in [-0.1, -0.05) is 0 Å². The van der Waals surface area contributed by atoms with Crippen LogP contribution in [-0.2, 0) is 9.88 Å². The molecule has 0 saturated heterocycles. The molecule has 0 aromatic heterocycles. The Bertz CT molecular complexity index is 740. The fourth-order valence-corrected chi connectivity index (χ4v) is 2.34. The Labute approximate surface area is 133 Å². The Hall–Kier alpha value is -2.84. The van der Waals surface area contributed by atoms with E-state index in [0.29, 0.717) is 5.06 Å². The summed E-state index contributed by atoms with van der Waals surface area (Å²) in [5.41, 5.74) is -0.324. The average molecular weight is 332 g/mol. The Morgan fingerprint density at radius 3 is 1.42 bits per heavy atom. The summed E-state index contributed by atoms with van der Waals surface area (Å²) in [6.45, 7) is 0. The van der Waals surface area contributed by atoms with Crippen molar-refractivity contribution in [3.8, 4) is 0 Å². The number of benzene rings is 2. The first-order valence-corrected chi connectivity index (χ1v) is 6.46. The van der Waals surface area contributed by atoms with Crippen molar-refractivity contribution in [2.24, 2.45) is 0 Å². The van der Waals surface area contributed by atoms with Crippen LogP contribution in [0.4, 0.5) is 34.1 Å². The Balaban J connectivity index is 1.69. The SMILES string of the molecule is [O-]N1ON([O-])c2cc(N([O-])c3ccc4c(c3)N([O-])ON4[O-])ccc21. The fraction of sp³-hybridized carbons (Fsp3) is 0. The first-order chi connectivity index (χ1) is 11.5. The number of rotatable bonds is 2. The van der Waals surface area contributed by atoms with Gasteiger partial charge in [0.2, 0.25) is 0 Å². The third-order valence-corrected chi connectivity index (χ3v) is 3.47. The first kappa shape index (κ1) is 14.7. The largest absolute Gasteiger partial charge is 0.754 e. The molecule has 2 aromatic rings. The van der Waals surface area contributed by atoms with E-state index in [9.17, 15) is 26.0 Å². The molecular weight excluding hydrogens is 326 g/mol. The van der Waals surface area contributed by atoms with Crippen LogP contribution in [0.5, 0.6) is 0 Å². The maximum absolute atomic E-state index is 12.4. The predicted molar refractivity (Wildman–Crippen MR) is 83.9 cm³/mol. The molecule has 4 rings (SSSR count). The molecule has 2 aromatic carbocycles. The van der Waals surface area contributed by atoms with Crippen molar-refractivity contribution in [1.82, 2.24) is 0 Å². The molecule has 0 radical (unpaired) electrons. The summed E-state index contributed by atoms with van der Waals surface area (Å²) in [6.07, 6.45) is 0. The Morgan fingerprint density at radius 1 is 0.625 bits per heavy atom. The van der Waals surface area contributed by atoms with Gasteiger partial charge in [0.15, 0.2) is 0 Å². The van der Waals surface area contributed by atoms with E-state index in [1.165, 1.54) is 24.3 Å². The summed E-state index contributed by atoms with van der Waals surface area (Å²) in [5, 5.41) is 58.3. The molecule has 12 heteroatoms. The second kappa shape index (κ2) is 5.08. The van der Waals surface area contributed by atoms with Crippen molar-refractivity contribution in [2.75, 3.05) is 26.0 Å². The molecule has 0 fully saturated rings. The van der Waals surface area contributed by atoms with Crippen LogP contribution >= 0.6 is 0 Å². The number of hydrogen-bond donors (Lipinski definition) is 0. The number of hydrogen-bond acceptors (Lipinski definition) is 12. The fourth-order valence-electron chi connectivity index (χ4n) is 2.34. The molecule has 0 bridgehead atoms. The van der Waals surface area contributed by atoms with E-state index in [-0.39, 0.29) is 55.0 Å². The molecule has 0 atom stereocenters. The standard InChI is InChI=1S/C12H6N5O7/c18-13(7-1-3-9-11(5-7)16(21)23-14(9)19)8-2-4-10-12(6-8)17(22)24-15(10)20/h1-6H/q-5. The molecule has 0 amide bonds. The topological polar surface area (TPSA) is 150 Å². The highest BCUT2D eigenvalue weighted by Crippen LogP contribution is 2.42. The van der Waals surface area contributed by atoms with E-state index in [1.807, 2.05) is 0 Å². The van der Waals surface area contributed by atoms with Crippen LogP contribution in [0.15, 0.2) is 36.4 Å². The summed E-state index contributed by atoms with van der Waals surface area (Å²) in [6, 6.07) is 7.42. The van der Waals surface area contributed by atoms with Crippen molar-refractivity contribution < 1.29 is 9.88 Å². The van der Waals surface area contributed by atoms with Gasteiger partial charge in [-0.2, -0.15) is 9.88 Å². The lowest BCUT2D eigenvalue weighted by atomic mass is 10.2. The summed E-state index contributed by atoms with van der Waals surface area (Å²) in [5.74, 6) is 0. The summed E-state index contributed by atoms with van der Waals surface area (Å²) < 4.78 is 0. The van der Waals surface area contributed by atoms with Crippen LogP contribution in [0, 0.1) is 26.0 Å². The lowest BCUT2D eigenvalue weighted by Crippen LogP contribution is -2.17. The molecule has 0 spiro atoms. The van der Waals surface area contributed by atoms with E-state index in [0.717, 1.165) is 12.1 Å². The molecular formula is C12H6N5O7-5. The van der Waals surface area contributed by atoms with Gasteiger partial charge in [-0.3, -0.25) is 20.9 Å². The van der Waals surface area contributed by atoms with Gasteiger partial charge in [0.1, 0.15) is 0 Å². The lowest BCUT2D eigenvalue weighted by molar-refractivity contribution is 0.150. The van der Waals surface area contributed by atoms with Crippen molar-refractivity contribution in [3.05, 3.63) is 62.4 Å². The highest BCUT2D eigenvalue weighted by molar-refractivity contribution is 5.83. The molecule has 2 aliphatic rings. The second-order valence-corrected chi connectivity index (χ2v) is 4.83. The van der Waals surface area contributed by atoms with Crippen molar-refractivity contribution >= 4 is 34.1 Å². The predicted octanol–water partition coefficient (Wildman–Crippen LogP) is 2.26. The van der Waals surface area contributed by atoms with Crippen molar-refractivity contribution in [3.63, 3.8) is 0 Å². The summed E-state index contributed by atoms with van der Waals surface area (Å²) in [7, 11) is 0. The van der Waals surface area contributed by atoms with E-state index in [4.69, 9.17) is 0 Å². The molecule has 0 saturated carbocycles. The third kappa shape index (κ3) is 2.08. The molecule has 126 valence electrons. The van der Waals surface area contributed by atoms with Crippen LogP contribution in [0.3, 0.4) is 0 Å². The minimum absolute atomic E-state index is 0.0174. The van der Waals surface area contributed by atoms with Crippen LogP contribution in [-0.4, -0.2) is 0 Å². The maximum atomic E-state index is 12.4. The van der Waals surface area contributed by atoms with Gasteiger partial charge in [0.25, 0.3) is 0 Å². The minimum Gasteiger partial charge on any atom is -0.754 e. The molecule has 0 unspecified atom stereocenters. The number of nitrogens with zero attached hydrogens (tertiary/aromatic N) is 5. The zero-order valence-corrected chi connectivity index (χ0v) is 11.6. The van der Waals surface area contributed by atoms with E-state index < -0.39 is 0 Å². The quantitative estimate of drug-likeness (QED) is 0.741. The minimum atomic E-state index is -0.135. The Kier molecular flexibility index (Phi) is 3.12. The highest BCUT2D eigenvalue weighted by Gasteiger charge is 2.19.